The Labute approximate surface area is 104 Å². The van der Waals surface area contributed by atoms with Gasteiger partial charge in [-0.3, -0.25) is 4.98 Å². The van der Waals surface area contributed by atoms with E-state index in [0.717, 1.165) is 0 Å². The van der Waals surface area contributed by atoms with E-state index >= 15 is 0 Å². The van der Waals surface area contributed by atoms with Crippen LogP contribution in [0.15, 0.2) is 36.7 Å². The van der Waals surface area contributed by atoms with Crippen LogP contribution in [0.5, 0.6) is 0 Å². The van der Waals surface area contributed by atoms with E-state index in [-0.39, 0.29) is 0 Å². The van der Waals surface area contributed by atoms with Gasteiger partial charge in [-0.15, -0.1) is 0 Å². The summed E-state index contributed by atoms with van der Waals surface area (Å²) in [7, 11) is 0. The minimum atomic E-state index is 0.579. The standard InChI is InChI=1S/C16H19N/c1-11(2)15-8-12(3)16(13(4)9-15)14-6-5-7-17-10-14/h5-11H,1-4H3. The van der Waals surface area contributed by atoms with Gasteiger partial charge in [-0.1, -0.05) is 32.0 Å². The number of aromatic nitrogens is 1. The molecule has 1 nitrogen and oxygen atoms in total. The minimum absolute atomic E-state index is 0.579. The maximum Gasteiger partial charge on any atom is 0.0346 e. The van der Waals surface area contributed by atoms with Gasteiger partial charge in [0.2, 0.25) is 0 Å². The smallest absolute Gasteiger partial charge is 0.0346 e. The zero-order valence-corrected chi connectivity index (χ0v) is 11.0. The average Bonchev–Trinajstić information content (AvgIpc) is 2.29. The Morgan fingerprint density at radius 3 is 2.18 bits per heavy atom. The number of nitrogens with zero attached hydrogens (tertiary/aromatic N) is 1. The van der Waals surface area contributed by atoms with Crippen molar-refractivity contribution in [3.63, 3.8) is 0 Å². The molecule has 2 rings (SSSR count). The lowest BCUT2D eigenvalue weighted by Crippen LogP contribution is -1.94. The molecule has 17 heavy (non-hydrogen) atoms. The summed E-state index contributed by atoms with van der Waals surface area (Å²) in [6.07, 6.45) is 3.75. The SMILES string of the molecule is Cc1cc(C(C)C)cc(C)c1-c1cccnc1. The number of pyridine rings is 1. The zero-order chi connectivity index (χ0) is 12.4. The van der Waals surface area contributed by atoms with Gasteiger partial charge in [0.05, 0.1) is 0 Å². The maximum atomic E-state index is 4.20. The fourth-order valence-corrected chi connectivity index (χ4v) is 2.30. The predicted octanol–water partition coefficient (Wildman–Crippen LogP) is 4.49. The van der Waals surface area contributed by atoms with Gasteiger partial charge < -0.3 is 0 Å². The zero-order valence-electron chi connectivity index (χ0n) is 11.0. The molecule has 1 heteroatoms. The monoisotopic (exact) mass is 225 g/mol. The van der Waals surface area contributed by atoms with Crippen molar-refractivity contribution < 1.29 is 0 Å². The molecule has 0 radical (unpaired) electrons. The summed E-state index contributed by atoms with van der Waals surface area (Å²) < 4.78 is 0. The van der Waals surface area contributed by atoms with Crippen molar-refractivity contribution in [2.75, 3.05) is 0 Å². The average molecular weight is 225 g/mol. The summed E-state index contributed by atoms with van der Waals surface area (Å²) in [6.45, 7) is 8.83. The molecular formula is C16H19N. The van der Waals surface area contributed by atoms with E-state index in [1.165, 1.54) is 27.8 Å². The van der Waals surface area contributed by atoms with Gasteiger partial charge in [0.15, 0.2) is 0 Å². The van der Waals surface area contributed by atoms with E-state index in [2.05, 4.69) is 50.9 Å². The van der Waals surface area contributed by atoms with Crippen molar-refractivity contribution in [2.24, 2.45) is 0 Å². The Balaban J connectivity index is 2.57. The van der Waals surface area contributed by atoms with Gasteiger partial charge >= 0.3 is 0 Å². The molecular weight excluding hydrogens is 206 g/mol. The first-order chi connectivity index (χ1) is 8.09. The van der Waals surface area contributed by atoms with Crippen LogP contribution in [0.2, 0.25) is 0 Å². The van der Waals surface area contributed by atoms with E-state index in [1.54, 1.807) is 0 Å². The fourth-order valence-electron chi connectivity index (χ4n) is 2.30. The Morgan fingerprint density at radius 2 is 1.71 bits per heavy atom. The van der Waals surface area contributed by atoms with Crippen molar-refractivity contribution in [1.82, 2.24) is 4.98 Å². The van der Waals surface area contributed by atoms with Gasteiger partial charge in [-0.05, 0) is 48.1 Å². The van der Waals surface area contributed by atoms with Crippen molar-refractivity contribution in [3.8, 4) is 11.1 Å². The van der Waals surface area contributed by atoms with Crippen molar-refractivity contribution in [3.05, 3.63) is 53.3 Å². The highest BCUT2D eigenvalue weighted by Gasteiger charge is 2.09. The van der Waals surface area contributed by atoms with Crippen LogP contribution in [0.1, 0.15) is 36.5 Å². The van der Waals surface area contributed by atoms with E-state index in [9.17, 15) is 0 Å². The number of benzene rings is 1. The second-order valence-electron chi connectivity index (χ2n) is 4.93. The molecule has 2 aromatic rings. The lowest BCUT2D eigenvalue weighted by Gasteiger charge is -2.14. The lowest BCUT2D eigenvalue weighted by molar-refractivity contribution is 0.863. The van der Waals surface area contributed by atoms with E-state index in [4.69, 9.17) is 0 Å². The van der Waals surface area contributed by atoms with Gasteiger partial charge in [-0.25, -0.2) is 0 Å². The summed E-state index contributed by atoms with van der Waals surface area (Å²) in [5.74, 6) is 0.579. The van der Waals surface area contributed by atoms with Crippen molar-refractivity contribution >= 4 is 0 Å². The van der Waals surface area contributed by atoms with Gasteiger partial charge in [0, 0.05) is 18.0 Å². The van der Waals surface area contributed by atoms with Crippen molar-refractivity contribution in [2.45, 2.75) is 33.6 Å². The summed E-state index contributed by atoms with van der Waals surface area (Å²) in [6, 6.07) is 8.70. The molecule has 0 unspecified atom stereocenters. The highest BCUT2D eigenvalue weighted by Crippen LogP contribution is 2.29. The van der Waals surface area contributed by atoms with Gasteiger partial charge in [0.25, 0.3) is 0 Å². The number of rotatable bonds is 2. The molecule has 0 atom stereocenters. The lowest BCUT2D eigenvalue weighted by atomic mass is 9.91. The molecule has 0 aliphatic rings. The van der Waals surface area contributed by atoms with Crippen LogP contribution in [0.3, 0.4) is 0 Å². The molecule has 0 fully saturated rings. The highest BCUT2D eigenvalue weighted by atomic mass is 14.6. The first-order valence-corrected chi connectivity index (χ1v) is 6.11. The summed E-state index contributed by atoms with van der Waals surface area (Å²) in [5, 5.41) is 0. The third-order valence-electron chi connectivity index (χ3n) is 3.17. The molecule has 0 saturated carbocycles. The number of hydrogen-bond acceptors (Lipinski definition) is 1. The van der Waals surface area contributed by atoms with E-state index in [1.807, 2.05) is 18.5 Å². The molecule has 0 saturated heterocycles. The third-order valence-corrected chi connectivity index (χ3v) is 3.17. The largest absolute Gasteiger partial charge is 0.264 e. The van der Waals surface area contributed by atoms with Gasteiger partial charge in [0.1, 0.15) is 0 Å². The molecule has 0 N–H and O–H groups in total. The molecule has 0 bridgehead atoms. The Morgan fingerprint density at radius 1 is 1.06 bits per heavy atom. The van der Waals surface area contributed by atoms with Crippen LogP contribution < -0.4 is 0 Å². The maximum absolute atomic E-state index is 4.20. The van der Waals surface area contributed by atoms with Crippen LogP contribution in [0.25, 0.3) is 11.1 Å². The van der Waals surface area contributed by atoms with Crippen LogP contribution in [0.4, 0.5) is 0 Å². The molecule has 88 valence electrons. The Kier molecular flexibility index (Phi) is 3.28. The topological polar surface area (TPSA) is 12.9 Å². The quantitative estimate of drug-likeness (QED) is 0.734. The molecule has 1 heterocycles. The van der Waals surface area contributed by atoms with E-state index in [0.29, 0.717) is 5.92 Å². The molecule has 0 amide bonds. The third kappa shape index (κ3) is 2.38. The summed E-state index contributed by atoms with van der Waals surface area (Å²) in [4.78, 5) is 4.20. The van der Waals surface area contributed by atoms with E-state index < -0.39 is 0 Å². The molecule has 0 spiro atoms. The number of aryl methyl sites for hydroxylation is 2. The Bertz CT molecular complexity index is 489. The molecule has 1 aromatic carbocycles. The minimum Gasteiger partial charge on any atom is -0.264 e. The first-order valence-electron chi connectivity index (χ1n) is 6.11. The van der Waals surface area contributed by atoms with Crippen LogP contribution in [-0.2, 0) is 0 Å². The second kappa shape index (κ2) is 4.70. The first kappa shape index (κ1) is 11.8. The van der Waals surface area contributed by atoms with Crippen LogP contribution in [0, 0.1) is 13.8 Å². The number of hydrogen-bond donors (Lipinski definition) is 0. The highest BCUT2D eigenvalue weighted by molar-refractivity contribution is 5.70. The molecule has 1 aromatic heterocycles. The molecule has 0 aliphatic heterocycles. The summed E-state index contributed by atoms with van der Waals surface area (Å²) in [5.41, 5.74) is 6.61. The normalized spacial score (nSPS) is 10.9. The van der Waals surface area contributed by atoms with Gasteiger partial charge in [-0.2, -0.15) is 0 Å². The predicted molar refractivity (Wildman–Crippen MR) is 73.2 cm³/mol. The van der Waals surface area contributed by atoms with Crippen molar-refractivity contribution in [1.29, 1.82) is 0 Å². The van der Waals surface area contributed by atoms with Crippen LogP contribution >= 0.6 is 0 Å². The second-order valence-corrected chi connectivity index (χ2v) is 4.93. The van der Waals surface area contributed by atoms with Crippen LogP contribution in [-0.4, -0.2) is 4.98 Å². The Hall–Kier alpha value is -1.63. The molecule has 0 aliphatic carbocycles. The summed E-state index contributed by atoms with van der Waals surface area (Å²) >= 11 is 0. The fraction of sp³-hybridized carbons (Fsp3) is 0.312.